The van der Waals surface area contributed by atoms with E-state index < -0.39 is 97.5 Å². The van der Waals surface area contributed by atoms with Gasteiger partial charge in [-0.15, -0.1) is 0 Å². The molecule has 0 aliphatic rings. The highest BCUT2D eigenvalue weighted by Gasteiger charge is 2.30. The van der Waals surface area contributed by atoms with Crippen molar-refractivity contribution in [3.05, 3.63) is 0 Å². The Morgan fingerprint density at radius 2 is 0.620 bits per heavy atom. The zero-order valence-electron chi connectivity index (χ0n) is 44.7. The van der Waals surface area contributed by atoms with E-state index in [9.17, 15) is 43.2 Å². The standard InChI is InChI=1S/C52H100O17P2/c1-5-8-11-14-17-20-22-24-26-29-32-35-38-51(56)68-48(42-62-46(4)53)44-66-70(58,59)64-40-47(54)41-65-71(60,61)67-45-49(43-63-50(55)37-34-31-28-19-16-13-10-7-3)69-52(57)39-36-33-30-27-25-23-21-18-15-12-9-6-2/h47-49,54H,5-45H2,1-4H3,(H,58,59)(H,60,61)/t47-,48+,49+/m0/s1. The van der Waals surface area contributed by atoms with Crippen LogP contribution in [-0.2, 0) is 65.4 Å². The fourth-order valence-corrected chi connectivity index (χ4v) is 9.23. The summed E-state index contributed by atoms with van der Waals surface area (Å²) in [6, 6.07) is 0. The quantitative estimate of drug-likeness (QED) is 0.0222. The van der Waals surface area contributed by atoms with E-state index >= 15 is 0 Å². The molecule has 0 rings (SSSR count). The number of phosphoric acid groups is 2. The lowest BCUT2D eigenvalue weighted by Gasteiger charge is -2.21. The van der Waals surface area contributed by atoms with Crippen LogP contribution in [0.15, 0.2) is 0 Å². The van der Waals surface area contributed by atoms with Gasteiger partial charge in [0.15, 0.2) is 12.2 Å². The molecule has 0 bridgehead atoms. The number of aliphatic hydroxyl groups excluding tert-OH is 1. The summed E-state index contributed by atoms with van der Waals surface area (Å²) in [4.78, 5) is 69.9. The van der Waals surface area contributed by atoms with Crippen LogP contribution in [0.5, 0.6) is 0 Å². The van der Waals surface area contributed by atoms with Gasteiger partial charge in [-0.3, -0.25) is 37.3 Å². The van der Waals surface area contributed by atoms with Crippen molar-refractivity contribution in [2.45, 2.75) is 271 Å². The lowest BCUT2D eigenvalue weighted by molar-refractivity contribution is -0.161. The van der Waals surface area contributed by atoms with E-state index in [4.69, 9.17) is 37.0 Å². The van der Waals surface area contributed by atoms with Crippen molar-refractivity contribution in [3.8, 4) is 0 Å². The van der Waals surface area contributed by atoms with Crippen LogP contribution in [0.25, 0.3) is 0 Å². The van der Waals surface area contributed by atoms with Crippen molar-refractivity contribution in [2.24, 2.45) is 0 Å². The molecule has 0 fully saturated rings. The van der Waals surface area contributed by atoms with Gasteiger partial charge in [0.25, 0.3) is 0 Å². The number of esters is 4. The average molecular weight is 1060 g/mol. The Kier molecular flexibility index (Phi) is 46.4. The van der Waals surface area contributed by atoms with Gasteiger partial charge in [0, 0.05) is 26.2 Å². The van der Waals surface area contributed by atoms with E-state index in [0.29, 0.717) is 19.3 Å². The highest BCUT2D eigenvalue weighted by atomic mass is 31.2. The molecule has 0 aromatic heterocycles. The van der Waals surface area contributed by atoms with Crippen molar-refractivity contribution < 1.29 is 80.2 Å². The third-order valence-electron chi connectivity index (χ3n) is 11.9. The number of carbonyl (C=O) groups excluding carboxylic acids is 4. The lowest BCUT2D eigenvalue weighted by atomic mass is 10.0. The smallest absolute Gasteiger partial charge is 0.462 e. The number of ether oxygens (including phenoxy) is 4. The Morgan fingerprint density at radius 3 is 0.915 bits per heavy atom. The molecule has 5 atom stereocenters. The molecule has 0 spiro atoms. The summed E-state index contributed by atoms with van der Waals surface area (Å²) in [7, 11) is -9.82. The van der Waals surface area contributed by atoms with E-state index in [2.05, 4.69) is 20.8 Å². The van der Waals surface area contributed by atoms with Gasteiger partial charge in [0.1, 0.15) is 19.3 Å². The van der Waals surface area contributed by atoms with Crippen molar-refractivity contribution in [2.75, 3.05) is 39.6 Å². The van der Waals surface area contributed by atoms with Gasteiger partial charge in [-0.1, -0.05) is 207 Å². The molecule has 3 N–H and O–H groups in total. The maximum absolute atomic E-state index is 12.8. The predicted octanol–water partition coefficient (Wildman–Crippen LogP) is 13.3. The van der Waals surface area contributed by atoms with Crippen molar-refractivity contribution >= 4 is 39.5 Å². The molecule has 17 nitrogen and oxygen atoms in total. The number of phosphoric ester groups is 2. The van der Waals surface area contributed by atoms with E-state index in [0.717, 1.165) is 84.0 Å². The minimum atomic E-state index is -4.92. The molecule has 0 heterocycles. The molecule has 19 heteroatoms. The molecule has 0 aliphatic heterocycles. The Balaban J connectivity index is 4.91. The second-order valence-corrected chi connectivity index (χ2v) is 21.9. The van der Waals surface area contributed by atoms with Crippen LogP contribution in [0.3, 0.4) is 0 Å². The molecule has 2 unspecified atom stereocenters. The molecule has 0 aromatic rings. The first kappa shape index (κ1) is 69.1. The third kappa shape index (κ3) is 48.7. The molecule has 0 radical (unpaired) electrons. The van der Waals surface area contributed by atoms with Gasteiger partial charge < -0.3 is 33.8 Å². The van der Waals surface area contributed by atoms with E-state index in [1.165, 1.54) is 109 Å². The Labute approximate surface area is 428 Å². The maximum Gasteiger partial charge on any atom is 0.472 e. The molecular weight excluding hydrogens is 959 g/mol. The zero-order chi connectivity index (χ0) is 52.7. The fraction of sp³-hybridized carbons (Fsp3) is 0.923. The monoisotopic (exact) mass is 1060 g/mol. The summed E-state index contributed by atoms with van der Waals surface area (Å²) in [6.07, 6.45) is 31.7. The number of hydrogen-bond acceptors (Lipinski definition) is 15. The summed E-state index contributed by atoms with van der Waals surface area (Å²) in [5, 5.41) is 10.4. The normalized spacial score (nSPS) is 14.5. The van der Waals surface area contributed by atoms with Crippen LogP contribution in [0, 0.1) is 0 Å². The van der Waals surface area contributed by atoms with Crippen LogP contribution >= 0.6 is 15.6 Å². The summed E-state index contributed by atoms with van der Waals surface area (Å²) in [5.41, 5.74) is 0. The van der Waals surface area contributed by atoms with E-state index in [1.807, 2.05) is 0 Å². The molecular formula is C52H100O17P2. The maximum atomic E-state index is 12.8. The summed E-state index contributed by atoms with van der Waals surface area (Å²) >= 11 is 0. The highest BCUT2D eigenvalue weighted by molar-refractivity contribution is 7.47. The summed E-state index contributed by atoms with van der Waals surface area (Å²) < 4.78 is 66.3. The highest BCUT2D eigenvalue weighted by Crippen LogP contribution is 2.45. The minimum absolute atomic E-state index is 0.101. The fourth-order valence-electron chi connectivity index (χ4n) is 7.65. The first-order valence-corrected chi connectivity index (χ1v) is 30.7. The SMILES string of the molecule is CCCCCCCCCCCCCCC(=O)O[C@H](COC(C)=O)COP(=O)(O)OC[C@H](O)COP(=O)(O)OC[C@@H](COC(=O)CCCCCCCCCC)OC(=O)CCCCCCCCCCCCCC. The number of aliphatic hydroxyl groups is 1. The van der Waals surface area contributed by atoms with Gasteiger partial charge in [0.05, 0.1) is 26.4 Å². The number of hydrogen-bond donors (Lipinski definition) is 3. The van der Waals surface area contributed by atoms with Crippen LogP contribution < -0.4 is 0 Å². The average Bonchev–Trinajstić information content (AvgIpc) is 3.33. The van der Waals surface area contributed by atoms with Crippen molar-refractivity contribution in [1.29, 1.82) is 0 Å². The number of carbonyl (C=O) groups is 4. The summed E-state index contributed by atoms with van der Waals surface area (Å²) in [5.74, 6) is -2.34. The molecule has 0 aromatic carbocycles. The first-order chi connectivity index (χ1) is 34.1. The number of rotatable bonds is 53. The summed E-state index contributed by atoms with van der Waals surface area (Å²) in [6.45, 7) is 3.74. The molecule has 420 valence electrons. The number of unbranched alkanes of at least 4 members (excludes halogenated alkanes) is 29. The molecule has 0 aliphatic carbocycles. The second kappa shape index (κ2) is 47.8. The van der Waals surface area contributed by atoms with Crippen molar-refractivity contribution in [3.63, 3.8) is 0 Å². The van der Waals surface area contributed by atoms with Gasteiger partial charge in [-0.25, -0.2) is 9.13 Å². The van der Waals surface area contributed by atoms with Crippen LogP contribution in [-0.4, -0.2) is 96.7 Å². The van der Waals surface area contributed by atoms with E-state index in [1.54, 1.807) is 0 Å². The van der Waals surface area contributed by atoms with Crippen LogP contribution in [0.4, 0.5) is 0 Å². The Hall–Kier alpha value is -1.94. The van der Waals surface area contributed by atoms with Gasteiger partial charge >= 0.3 is 39.5 Å². The molecule has 0 amide bonds. The Morgan fingerprint density at radius 1 is 0.366 bits per heavy atom. The first-order valence-electron chi connectivity index (χ1n) is 27.7. The van der Waals surface area contributed by atoms with Gasteiger partial charge in [-0.05, 0) is 19.3 Å². The van der Waals surface area contributed by atoms with Gasteiger partial charge in [0.2, 0.25) is 0 Å². The van der Waals surface area contributed by atoms with E-state index in [-0.39, 0.29) is 19.3 Å². The zero-order valence-corrected chi connectivity index (χ0v) is 46.5. The predicted molar refractivity (Wildman–Crippen MR) is 275 cm³/mol. The van der Waals surface area contributed by atoms with Crippen LogP contribution in [0.1, 0.15) is 252 Å². The molecule has 71 heavy (non-hydrogen) atoms. The minimum Gasteiger partial charge on any atom is -0.462 e. The Bertz CT molecular complexity index is 1400. The van der Waals surface area contributed by atoms with Gasteiger partial charge in [-0.2, -0.15) is 0 Å². The topological polar surface area (TPSA) is 237 Å². The lowest BCUT2D eigenvalue weighted by Crippen LogP contribution is -2.30. The molecule has 0 saturated carbocycles. The largest absolute Gasteiger partial charge is 0.472 e. The molecule has 0 saturated heterocycles. The van der Waals surface area contributed by atoms with Crippen LogP contribution in [0.2, 0.25) is 0 Å². The third-order valence-corrected chi connectivity index (χ3v) is 13.8. The second-order valence-electron chi connectivity index (χ2n) is 19.0. The van der Waals surface area contributed by atoms with Crippen molar-refractivity contribution in [1.82, 2.24) is 0 Å².